The number of hydrogen-bond acceptors (Lipinski definition) is 4. The molecule has 0 aromatic carbocycles. The summed E-state index contributed by atoms with van der Waals surface area (Å²) in [6.07, 6.45) is 7.35. The molecule has 5 fully saturated rings. The highest BCUT2D eigenvalue weighted by Crippen LogP contribution is 2.82. The lowest BCUT2D eigenvalue weighted by atomic mass is 9.44. The van der Waals surface area contributed by atoms with E-state index in [1.54, 1.807) is 13.8 Å². The summed E-state index contributed by atoms with van der Waals surface area (Å²) in [6.45, 7) is 10.2. The van der Waals surface area contributed by atoms with Crippen molar-refractivity contribution in [2.45, 2.75) is 103 Å². The Labute approximate surface area is 176 Å². The number of rotatable bonds is 3. The molecule has 1 spiro atoms. The standard InChI is InChI=1S/C25H42O4/c1-14(21(2,3)27)25(28)19(26)12-18-16-11-20(29-6)24-13-15(24)7-9-22(24,4)17(16)8-10-23(18,25)5/h14-20,26-28H,7-13H2,1-6H3/t14-,15-,16-,17+,18+,19-,20-,22-,23+,24+,25-/m1/s1. The number of fused-ring (bicyclic) bond motifs is 4. The minimum absolute atomic E-state index is 0.288. The van der Waals surface area contributed by atoms with Gasteiger partial charge in [0.25, 0.3) is 0 Å². The number of aliphatic hydroxyl groups is 3. The quantitative estimate of drug-likeness (QED) is 0.667. The number of hydrogen-bond donors (Lipinski definition) is 3. The fourth-order valence-electron chi connectivity index (χ4n) is 9.95. The highest BCUT2D eigenvalue weighted by atomic mass is 16.5. The largest absolute Gasteiger partial charge is 0.390 e. The summed E-state index contributed by atoms with van der Waals surface area (Å²) in [4.78, 5) is 0. The molecule has 0 heterocycles. The van der Waals surface area contributed by atoms with Gasteiger partial charge < -0.3 is 20.1 Å². The SMILES string of the molecule is CO[C@@H]1C[C@H]2[C@@H]3C[C@@H](O)[C@](O)([C@H](C)C(C)(C)O)[C@@]3(C)CC[C@@H]2[C@@]2(C)CC[C@@H]3C[C@]312. The van der Waals surface area contributed by atoms with Crippen molar-refractivity contribution in [2.24, 2.45) is 45.8 Å². The highest BCUT2D eigenvalue weighted by Gasteiger charge is 2.79. The van der Waals surface area contributed by atoms with Gasteiger partial charge >= 0.3 is 0 Å². The van der Waals surface area contributed by atoms with Crippen molar-refractivity contribution in [2.75, 3.05) is 7.11 Å². The van der Waals surface area contributed by atoms with Crippen LogP contribution in [0.4, 0.5) is 0 Å². The molecule has 4 heteroatoms. The Morgan fingerprint density at radius 3 is 2.28 bits per heavy atom. The minimum atomic E-state index is -1.25. The van der Waals surface area contributed by atoms with Gasteiger partial charge in [0.2, 0.25) is 0 Å². The van der Waals surface area contributed by atoms with Gasteiger partial charge in [-0.2, -0.15) is 0 Å². The Bertz CT molecular complexity index is 701. The predicted molar refractivity (Wildman–Crippen MR) is 112 cm³/mol. The Morgan fingerprint density at radius 1 is 1.03 bits per heavy atom. The third-order valence-electron chi connectivity index (χ3n) is 11.8. The maximum atomic E-state index is 12.0. The van der Waals surface area contributed by atoms with E-state index in [2.05, 4.69) is 13.8 Å². The first-order chi connectivity index (χ1) is 13.4. The second kappa shape index (κ2) is 5.79. The van der Waals surface area contributed by atoms with Gasteiger partial charge in [0, 0.05) is 23.9 Å². The van der Waals surface area contributed by atoms with Gasteiger partial charge in [-0.15, -0.1) is 0 Å². The van der Waals surface area contributed by atoms with E-state index in [9.17, 15) is 15.3 Å². The smallest absolute Gasteiger partial charge is 0.101 e. The molecule has 166 valence electrons. The summed E-state index contributed by atoms with van der Waals surface area (Å²) in [7, 11) is 1.89. The molecule has 0 unspecified atom stereocenters. The summed E-state index contributed by atoms with van der Waals surface area (Å²) in [5.74, 6) is 1.92. The molecule has 0 radical (unpaired) electrons. The van der Waals surface area contributed by atoms with Crippen molar-refractivity contribution in [3.05, 3.63) is 0 Å². The summed E-state index contributed by atoms with van der Waals surface area (Å²) in [5, 5.41) is 34.0. The molecule has 0 bridgehead atoms. The lowest BCUT2D eigenvalue weighted by Crippen LogP contribution is -2.64. The second-order valence-electron chi connectivity index (χ2n) is 12.6. The summed E-state index contributed by atoms with van der Waals surface area (Å²) in [6, 6.07) is 0. The van der Waals surface area contributed by atoms with E-state index in [0.29, 0.717) is 35.2 Å². The van der Waals surface area contributed by atoms with E-state index < -0.39 is 17.3 Å². The van der Waals surface area contributed by atoms with Crippen LogP contribution in [0.2, 0.25) is 0 Å². The van der Waals surface area contributed by atoms with Gasteiger partial charge in [0.05, 0.1) is 17.8 Å². The number of aliphatic hydroxyl groups excluding tert-OH is 1. The molecule has 0 amide bonds. The van der Waals surface area contributed by atoms with Crippen LogP contribution in [0, 0.1) is 45.8 Å². The van der Waals surface area contributed by atoms with Crippen molar-refractivity contribution < 1.29 is 20.1 Å². The molecule has 0 aliphatic heterocycles. The molecule has 5 saturated carbocycles. The van der Waals surface area contributed by atoms with Gasteiger partial charge in [-0.3, -0.25) is 0 Å². The Kier molecular flexibility index (Phi) is 4.14. The first-order valence-electron chi connectivity index (χ1n) is 12.0. The maximum absolute atomic E-state index is 12.0. The van der Waals surface area contributed by atoms with Crippen molar-refractivity contribution >= 4 is 0 Å². The van der Waals surface area contributed by atoms with Crippen molar-refractivity contribution in [3.8, 4) is 0 Å². The monoisotopic (exact) mass is 406 g/mol. The van der Waals surface area contributed by atoms with Gasteiger partial charge in [-0.25, -0.2) is 0 Å². The third kappa shape index (κ3) is 2.16. The third-order valence-corrected chi connectivity index (χ3v) is 11.8. The van der Waals surface area contributed by atoms with Crippen LogP contribution in [-0.4, -0.2) is 45.8 Å². The molecule has 11 atom stereocenters. The van der Waals surface area contributed by atoms with Crippen molar-refractivity contribution in [1.29, 1.82) is 0 Å². The predicted octanol–water partition coefficient (Wildman–Crippen LogP) is 3.76. The van der Waals surface area contributed by atoms with E-state index >= 15 is 0 Å². The molecular weight excluding hydrogens is 364 g/mol. The van der Waals surface area contributed by atoms with E-state index in [0.717, 1.165) is 25.2 Å². The molecule has 0 aromatic heterocycles. The molecule has 3 N–H and O–H groups in total. The van der Waals surface area contributed by atoms with E-state index in [1.807, 2.05) is 14.0 Å². The Hall–Kier alpha value is -0.160. The van der Waals surface area contributed by atoms with E-state index in [4.69, 9.17) is 4.74 Å². The summed E-state index contributed by atoms with van der Waals surface area (Å²) >= 11 is 0. The van der Waals surface area contributed by atoms with Gasteiger partial charge in [-0.05, 0) is 87.9 Å². The van der Waals surface area contributed by atoms with E-state index in [-0.39, 0.29) is 17.3 Å². The lowest BCUT2D eigenvalue weighted by molar-refractivity contribution is -0.224. The van der Waals surface area contributed by atoms with Crippen LogP contribution in [0.25, 0.3) is 0 Å². The molecule has 0 aromatic rings. The number of ether oxygens (including phenoxy) is 1. The Morgan fingerprint density at radius 2 is 1.69 bits per heavy atom. The highest BCUT2D eigenvalue weighted by molar-refractivity contribution is 5.27. The van der Waals surface area contributed by atoms with E-state index in [1.165, 1.54) is 19.3 Å². The average Bonchev–Trinajstić information content (AvgIpc) is 3.25. The minimum Gasteiger partial charge on any atom is -0.390 e. The Balaban J connectivity index is 1.54. The first kappa shape index (κ1) is 20.7. The molecule has 5 aliphatic carbocycles. The first-order valence-corrected chi connectivity index (χ1v) is 12.0. The van der Waals surface area contributed by atoms with Crippen LogP contribution < -0.4 is 0 Å². The maximum Gasteiger partial charge on any atom is 0.101 e. The van der Waals surface area contributed by atoms with Gasteiger partial charge in [-0.1, -0.05) is 20.8 Å². The fraction of sp³-hybridized carbons (Fsp3) is 1.00. The molecule has 0 saturated heterocycles. The molecule has 5 rings (SSSR count). The van der Waals surface area contributed by atoms with Crippen LogP contribution in [-0.2, 0) is 4.74 Å². The zero-order valence-corrected chi connectivity index (χ0v) is 19.2. The average molecular weight is 407 g/mol. The van der Waals surface area contributed by atoms with Crippen LogP contribution in [0.3, 0.4) is 0 Å². The molecule has 29 heavy (non-hydrogen) atoms. The zero-order chi connectivity index (χ0) is 21.2. The van der Waals surface area contributed by atoms with Crippen LogP contribution in [0.5, 0.6) is 0 Å². The number of methoxy groups -OCH3 is 1. The van der Waals surface area contributed by atoms with Gasteiger partial charge in [0.1, 0.15) is 5.60 Å². The summed E-state index contributed by atoms with van der Waals surface area (Å²) in [5.41, 5.74) is -1.92. The lowest BCUT2D eigenvalue weighted by Gasteiger charge is -2.62. The van der Waals surface area contributed by atoms with Gasteiger partial charge in [0.15, 0.2) is 0 Å². The molecular formula is C25H42O4. The summed E-state index contributed by atoms with van der Waals surface area (Å²) < 4.78 is 6.16. The van der Waals surface area contributed by atoms with Crippen LogP contribution >= 0.6 is 0 Å². The molecule has 5 aliphatic rings. The molecule has 4 nitrogen and oxygen atoms in total. The zero-order valence-electron chi connectivity index (χ0n) is 19.2. The fourth-order valence-corrected chi connectivity index (χ4v) is 9.95. The second-order valence-corrected chi connectivity index (χ2v) is 12.6. The topological polar surface area (TPSA) is 69.9 Å². The van der Waals surface area contributed by atoms with Crippen molar-refractivity contribution in [1.82, 2.24) is 0 Å². The van der Waals surface area contributed by atoms with Crippen LogP contribution in [0.1, 0.15) is 79.6 Å². The normalized spacial score (nSPS) is 59.5. The van der Waals surface area contributed by atoms with Crippen molar-refractivity contribution in [3.63, 3.8) is 0 Å². The van der Waals surface area contributed by atoms with Crippen LogP contribution in [0.15, 0.2) is 0 Å².